The summed E-state index contributed by atoms with van der Waals surface area (Å²) in [5, 5.41) is 7.03. The number of nitrogens with one attached hydrogen (secondary N) is 2. The summed E-state index contributed by atoms with van der Waals surface area (Å²) in [6, 6.07) is 9.77. The third-order valence-corrected chi connectivity index (χ3v) is 3.38. The van der Waals surface area contributed by atoms with Crippen molar-refractivity contribution in [2.75, 3.05) is 18.4 Å². The van der Waals surface area contributed by atoms with Crippen molar-refractivity contribution < 1.29 is 4.79 Å². The van der Waals surface area contributed by atoms with Crippen molar-refractivity contribution in [2.45, 2.75) is 6.42 Å². The summed E-state index contributed by atoms with van der Waals surface area (Å²) >= 11 is 0. The van der Waals surface area contributed by atoms with Crippen LogP contribution in [0, 0.1) is 0 Å². The Labute approximate surface area is 134 Å². The monoisotopic (exact) mass is 307 g/mol. The molecule has 0 aliphatic rings. The number of fused-ring (bicyclic) bond motifs is 1. The topological polar surface area (TPSA) is 79.8 Å². The highest BCUT2D eigenvalue weighted by Gasteiger charge is 2.07. The van der Waals surface area contributed by atoms with Crippen molar-refractivity contribution in [2.24, 2.45) is 0 Å². The Balaban J connectivity index is 1.51. The average molecular weight is 307 g/mol. The molecule has 2 N–H and O–H groups in total. The van der Waals surface area contributed by atoms with E-state index >= 15 is 0 Å². The summed E-state index contributed by atoms with van der Waals surface area (Å²) in [7, 11) is 0. The molecule has 6 heteroatoms. The minimum absolute atomic E-state index is 0.0240. The Bertz CT molecular complexity index is 786. The van der Waals surface area contributed by atoms with Crippen LogP contribution in [0.3, 0.4) is 0 Å². The summed E-state index contributed by atoms with van der Waals surface area (Å²) in [5.41, 5.74) is 1.81. The molecule has 0 spiro atoms. The van der Waals surface area contributed by atoms with Crippen LogP contribution in [0.5, 0.6) is 0 Å². The molecule has 1 aromatic carbocycles. The van der Waals surface area contributed by atoms with E-state index in [0.717, 1.165) is 16.5 Å². The van der Waals surface area contributed by atoms with E-state index in [1.54, 1.807) is 24.8 Å². The van der Waals surface area contributed by atoms with Gasteiger partial charge in [-0.05, 0) is 11.6 Å². The molecule has 1 amide bonds. The van der Waals surface area contributed by atoms with Crippen LogP contribution in [0.4, 0.5) is 5.82 Å². The summed E-state index contributed by atoms with van der Waals surface area (Å²) < 4.78 is 0. The number of benzene rings is 1. The standard InChI is InChI=1S/C17H17N5O/c23-16(21-10-9-20-15-12-18-7-8-19-15)11-14-4-1-3-13-5-2-6-22-17(13)14/h1-8,12H,9-11H2,(H,19,20)(H,21,23). The van der Waals surface area contributed by atoms with Gasteiger partial charge in [0.15, 0.2) is 0 Å². The quantitative estimate of drug-likeness (QED) is 0.679. The number of anilines is 1. The first-order chi connectivity index (χ1) is 11.3. The summed E-state index contributed by atoms with van der Waals surface area (Å²) in [6.07, 6.45) is 6.94. The molecule has 6 nitrogen and oxygen atoms in total. The van der Waals surface area contributed by atoms with Gasteiger partial charge in [-0.1, -0.05) is 24.3 Å². The van der Waals surface area contributed by atoms with Crippen molar-refractivity contribution in [1.29, 1.82) is 0 Å². The van der Waals surface area contributed by atoms with Crippen LogP contribution in [0.15, 0.2) is 55.1 Å². The molecule has 0 aliphatic carbocycles. The minimum atomic E-state index is -0.0240. The average Bonchev–Trinajstić information content (AvgIpc) is 2.60. The molecule has 0 bridgehead atoms. The van der Waals surface area contributed by atoms with Gasteiger partial charge in [0.2, 0.25) is 5.91 Å². The fourth-order valence-corrected chi connectivity index (χ4v) is 2.33. The molecule has 0 atom stereocenters. The highest BCUT2D eigenvalue weighted by molar-refractivity contribution is 5.87. The normalized spacial score (nSPS) is 10.4. The van der Waals surface area contributed by atoms with Crippen LogP contribution in [-0.2, 0) is 11.2 Å². The second kappa shape index (κ2) is 7.31. The van der Waals surface area contributed by atoms with Gasteiger partial charge in [0.05, 0.1) is 18.1 Å². The molecule has 0 saturated carbocycles. The second-order valence-electron chi connectivity index (χ2n) is 5.04. The molecule has 2 heterocycles. The van der Waals surface area contributed by atoms with Crippen LogP contribution < -0.4 is 10.6 Å². The maximum atomic E-state index is 12.1. The lowest BCUT2D eigenvalue weighted by Crippen LogP contribution is -2.30. The molecule has 3 aromatic rings. The maximum Gasteiger partial charge on any atom is 0.224 e. The number of carbonyl (C=O) groups is 1. The molecule has 3 rings (SSSR count). The van der Waals surface area contributed by atoms with Gasteiger partial charge in [0, 0.05) is 37.1 Å². The van der Waals surface area contributed by atoms with Gasteiger partial charge < -0.3 is 10.6 Å². The number of hydrogen-bond acceptors (Lipinski definition) is 5. The van der Waals surface area contributed by atoms with Crippen molar-refractivity contribution >= 4 is 22.6 Å². The van der Waals surface area contributed by atoms with Gasteiger partial charge >= 0.3 is 0 Å². The first-order valence-electron chi connectivity index (χ1n) is 7.42. The van der Waals surface area contributed by atoms with E-state index in [-0.39, 0.29) is 5.91 Å². The zero-order chi connectivity index (χ0) is 15.9. The van der Waals surface area contributed by atoms with Crippen molar-refractivity contribution in [3.63, 3.8) is 0 Å². The molecule has 23 heavy (non-hydrogen) atoms. The molecular weight excluding hydrogens is 290 g/mol. The second-order valence-corrected chi connectivity index (χ2v) is 5.04. The Morgan fingerprint density at radius 2 is 1.91 bits per heavy atom. The van der Waals surface area contributed by atoms with E-state index in [2.05, 4.69) is 25.6 Å². The highest BCUT2D eigenvalue weighted by Crippen LogP contribution is 2.16. The van der Waals surface area contributed by atoms with Crippen LogP contribution in [0.1, 0.15) is 5.56 Å². The van der Waals surface area contributed by atoms with Crippen molar-refractivity contribution in [3.05, 3.63) is 60.7 Å². The van der Waals surface area contributed by atoms with E-state index < -0.39 is 0 Å². The van der Waals surface area contributed by atoms with Crippen molar-refractivity contribution in [3.8, 4) is 0 Å². The maximum absolute atomic E-state index is 12.1. The minimum Gasteiger partial charge on any atom is -0.367 e. The Kier molecular flexibility index (Phi) is 4.73. The smallest absolute Gasteiger partial charge is 0.224 e. The molecule has 0 saturated heterocycles. The number of para-hydroxylation sites is 1. The Morgan fingerprint density at radius 1 is 1.00 bits per heavy atom. The highest BCUT2D eigenvalue weighted by atomic mass is 16.1. The molecule has 0 unspecified atom stereocenters. The summed E-state index contributed by atoms with van der Waals surface area (Å²) in [5.74, 6) is 0.670. The largest absolute Gasteiger partial charge is 0.367 e. The number of nitrogens with zero attached hydrogens (tertiary/aromatic N) is 3. The van der Waals surface area contributed by atoms with Gasteiger partial charge in [0.25, 0.3) is 0 Å². The fraction of sp³-hybridized carbons (Fsp3) is 0.176. The molecule has 116 valence electrons. The lowest BCUT2D eigenvalue weighted by Gasteiger charge is -2.08. The zero-order valence-corrected chi connectivity index (χ0v) is 12.6. The zero-order valence-electron chi connectivity index (χ0n) is 12.6. The molecule has 2 aromatic heterocycles. The van der Waals surface area contributed by atoms with E-state index in [1.165, 1.54) is 0 Å². The van der Waals surface area contributed by atoms with E-state index in [9.17, 15) is 4.79 Å². The van der Waals surface area contributed by atoms with Crippen LogP contribution in [0.25, 0.3) is 10.9 Å². The Morgan fingerprint density at radius 3 is 2.78 bits per heavy atom. The molecule has 0 radical (unpaired) electrons. The van der Waals surface area contributed by atoms with E-state index in [4.69, 9.17) is 0 Å². The first kappa shape index (κ1) is 14.9. The summed E-state index contributed by atoms with van der Waals surface area (Å²) in [6.45, 7) is 1.12. The number of rotatable bonds is 6. The number of amides is 1. The van der Waals surface area contributed by atoms with Gasteiger partial charge in [-0.2, -0.15) is 0 Å². The molecule has 0 aliphatic heterocycles. The number of carbonyl (C=O) groups excluding carboxylic acids is 1. The molecule has 0 fully saturated rings. The predicted molar refractivity (Wildman–Crippen MR) is 89.0 cm³/mol. The number of aromatic nitrogens is 3. The van der Waals surface area contributed by atoms with Gasteiger partial charge in [-0.25, -0.2) is 4.98 Å². The summed E-state index contributed by atoms with van der Waals surface area (Å²) in [4.78, 5) is 24.5. The van der Waals surface area contributed by atoms with Crippen molar-refractivity contribution in [1.82, 2.24) is 20.3 Å². The Hall–Kier alpha value is -3.02. The first-order valence-corrected chi connectivity index (χ1v) is 7.42. The fourth-order valence-electron chi connectivity index (χ4n) is 2.33. The third-order valence-electron chi connectivity index (χ3n) is 3.38. The molecular formula is C17H17N5O. The lowest BCUT2D eigenvalue weighted by atomic mass is 10.1. The van der Waals surface area contributed by atoms with Gasteiger partial charge in [0.1, 0.15) is 5.82 Å². The van der Waals surface area contributed by atoms with Gasteiger partial charge in [-0.3, -0.25) is 14.8 Å². The van der Waals surface area contributed by atoms with Crippen LogP contribution >= 0.6 is 0 Å². The van der Waals surface area contributed by atoms with Gasteiger partial charge in [-0.15, -0.1) is 0 Å². The van der Waals surface area contributed by atoms with E-state index in [0.29, 0.717) is 25.3 Å². The third kappa shape index (κ3) is 4.00. The lowest BCUT2D eigenvalue weighted by molar-refractivity contribution is -0.120. The van der Waals surface area contributed by atoms with Crippen LogP contribution in [-0.4, -0.2) is 33.9 Å². The number of hydrogen-bond donors (Lipinski definition) is 2. The SMILES string of the molecule is O=C(Cc1cccc2cccnc12)NCCNc1cnccn1. The number of pyridine rings is 1. The van der Waals surface area contributed by atoms with Crippen LogP contribution in [0.2, 0.25) is 0 Å². The van der Waals surface area contributed by atoms with E-state index in [1.807, 2.05) is 30.3 Å². The predicted octanol–water partition coefficient (Wildman–Crippen LogP) is 1.80.